The Kier molecular flexibility index (Phi) is 5.89. The number of benzene rings is 2. The van der Waals surface area contributed by atoms with Gasteiger partial charge in [0.2, 0.25) is 0 Å². The Morgan fingerprint density at radius 2 is 1.40 bits per heavy atom. The van der Waals surface area contributed by atoms with E-state index in [1.54, 1.807) is 38.5 Å². The van der Waals surface area contributed by atoms with Gasteiger partial charge in [-0.15, -0.1) is 0 Å². The van der Waals surface area contributed by atoms with Gasteiger partial charge in [0.05, 0.1) is 28.4 Å². The third-order valence-corrected chi connectivity index (χ3v) is 3.57. The lowest BCUT2D eigenvalue weighted by Crippen LogP contribution is -2.02. The van der Waals surface area contributed by atoms with Crippen LogP contribution in [0.25, 0.3) is 6.08 Å². The van der Waals surface area contributed by atoms with Crippen molar-refractivity contribution in [3.63, 3.8) is 0 Å². The molecule has 0 radical (unpaired) electrons. The number of ketones is 1. The third-order valence-electron chi connectivity index (χ3n) is 3.57. The smallest absolute Gasteiger partial charge is 0.193 e. The summed E-state index contributed by atoms with van der Waals surface area (Å²) in [6.45, 7) is 0. The molecule has 1 N–H and O–H groups in total. The van der Waals surface area contributed by atoms with Crippen LogP contribution in [-0.2, 0) is 0 Å². The topological polar surface area (TPSA) is 74.2 Å². The van der Waals surface area contributed by atoms with E-state index in [-0.39, 0.29) is 28.6 Å². The number of rotatable bonds is 7. The first-order valence-electron chi connectivity index (χ1n) is 7.43. The highest BCUT2D eigenvalue weighted by atomic mass is 16.5. The van der Waals surface area contributed by atoms with Gasteiger partial charge in [-0.2, -0.15) is 0 Å². The molecule has 0 amide bonds. The van der Waals surface area contributed by atoms with Gasteiger partial charge in [0, 0.05) is 12.1 Å². The molecule has 2 aromatic rings. The van der Waals surface area contributed by atoms with Gasteiger partial charge in [0.25, 0.3) is 0 Å². The summed E-state index contributed by atoms with van der Waals surface area (Å²) < 4.78 is 20.8. The summed E-state index contributed by atoms with van der Waals surface area (Å²) in [5, 5.41) is 9.66. The molecule has 25 heavy (non-hydrogen) atoms. The van der Waals surface area contributed by atoms with Gasteiger partial charge in [-0.25, -0.2) is 0 Å². The fourth-order valence-corrected chi connectivity index (χ4v) is 2.35. The molecule has 0 saturated carbocycles. The second-order valence-corrected chi connectivity index (χ2v) is 5.04. The molecule has 2 rings (SSSR count). The van der Waals surface area contributed by atoms with Gasteiger partial charge in [-0.3, -0.25) is 4.79 Å². The van der Waals surface area contributed by atoms with E-state index in [4.69, 9.17) is 18.9 Å². The molecule has 0 unspecified atom stereocenters. The molecule has 0 bridgehead atoms. The highest BCUT2D eigenvalue weighted by Crippen LogP contribution is 2.34. The van der Waals surface area contributed by atoms with Gasteiger partial charge in [0.15, 0.2) is 17.3 Å². The van der Waals surface area contributed by atoms with Crippen LogP contribution in [0, 0.1) is 0 Å². The summed E-state index contributed by atoms with van der Waals surface area (Å²) in [5.74, 6) is 1.28. The van der Waals surface area contributed by atoms with E-state index in [0.29, 0.717) is 11.5 Å². The molecule has 0 fully saturated rings. The first-order chi connectivity index (χ1) is 12.0. The largest absolute Gasteiger partial charge is 0.508 e. The first kappa shape index (κ1) is 18.2. The van der Waals surface area contributed by atoms with E-state index in [1.165, 1.54) is 32.4 Å². The fourth-order valence-electron chi connectivity index (χ4n) is 2.35. The maximum atomic E-state index is 12.6. The Morgan fingerprint density at radius 1 is 0.840 bits per heavy atom. The lowest BCUT2D eigenvalue weighted by atomic mass is 10.1. The van der Waals surface area contributed by atoms with Gasteiger partial charge in [0.1, 0.15) is 22.8 Å². The van der Waals surface area contributed by atoms with Crippen molar-refractivity contribution < 1.29 is 28.8 Å². The minimum absolute atomic E-state index is 0.0471. The normalized spacial score (nSPS) is 10.6. The number of carbonyl (C=O) groups excluding carboxylic acids is 1. The Bertz CT molecular complexity index is 769. The number of aromatic hydroxyl groups is 1. The van der Waals surface area contributed by atoms with E-state index in [0.717, 1.165) is 5.56 Å². The Morgan fingerprint density at radius 3 is 1.92 bits per heavy atom. The zero-order chi connectivity index (χ0) is 18.4. The lowest BCUT2D eigenvalue weighted by molar-refractivity contribution is 0.104. The van der Waals surface area contributed by atoms with E-state index in [2.05, 4.69) is 0 Å². The van der Waals surface area contributed by atoms with Crippen molar-refractivity contribution in [2.24, 2.45) is 0 Å². The number of methoxy groups -OCH3 is 4. The van der Waals surface area contributed by atoms with Crippen LogP contribution in [0.2, 0.25) is 0 Å². The molecule has 0 heterocycles. The van der Waals surface area contributed by atoms with Crippen molar-refractivity contribution in [2.75, 3.05) is 28.4 Å². The van der Waals surface area contributed by atoms with Crippen molar-refractivity contribution in [1.29, 1.82) is 0 Å². The van der Waals surface area contributed by atoms with Crippen molar-refractivity contribution in [3.8, 4) is 28.7 Å². The van der Waals surface area contributed by atoms with Gasteiger partial charge < -0.3 is 24.1 Å². The number of ether oxygens (including phenoxy) is 4. The SMILES string of the molecule is COc1ccc(/C=C/C(=O)c2c(OC)cc(O)cc2OC)cc1OC. The Hall–Kier alpha value is -3.15. The van der Waals surface area contributed by atoms with Crippen LogP contribution in [0.5, 0.6) is 28.7 Å². The quantitative estimate of drug-likeness (QED) is 0.613. The predicted octanol–water partition coefficient (Wildman–Crippen LogP) is 3.32. The van der Waals surface area contributed by atoms with Crippen molar-refractivity contribution in [1.82, 2.24) is 0 Å². The van der Waals surface area contributed by atoms with Crippen LogP contribution < -0.4 is 18.9 Å². The predicted molar refractivity (Wildman–Crippen MR) is 94.1 cm³/mol. The van der Waals surface area contributed by atoms with Crippen LogP contribution in [0.3, 0.4) is 0 Å². The number of hydrogen-bond donors (Lipinski definition) is 1. The zero-order valence-electron chi connectivity index (χ0n) is 14.5. The number of hydrogen-bond acceptors (Lipinski definition) is 6. The van der Waals surface area contributed by atoms with Crippen LogP contribution in [-0.4, -0.2) is 39.3 Å². The third kappa shape index (κ3) is 4.03. The number of phenols is 1. The summed E-state index contributed by atoms with van der Waals surface area (Å²) in [5.41, 5.74) is 1.00. The highest BCUT2D eigenvalue weighted by molar-refractivity contribution is 6.10. The first-order valence-corrected chi connectivity index (χ1v) is 7.43. The lowest BCUT2D eigenvalue weighted by Gasteiger charge is -2.11. The monoisotopic (exact) mass is 344 g/mol. The molecule has 0 aromatic heterocycles. The molecule has 132 valence electrons. The molecule has 0 aliphatic heterocycles. The molecule has 0 aliphatic rings. The van der Waals surface area contributed by atoms with Crippen molar-refractivity contribution in [3.05, 3.63) is 47.5 Å². The minimum atomic E-state index is -0.316. The molecule has 0 saturated heterocycles. The van der Waals surface area contributed by atoms with E-state index in [1.807, 2.05) is 0 Å². The Labute approximate surface area is 146 Å². The van der Waals surface area contributed by atoms with Gasteiger partial charge in [-0.1, -0.05) is 12.1 Å². The van der Waals surface area contributed by atoms with Crippen LogP contribution >= 0.6 is 0 Å². The molecular weight excluding hydrogens is 324 g/mol. The number of phenolic OH excluding ortho intramolecular Hbond substituents is 1. The fraction of sp³-hybridized carbons (Fsp3) is 0.211. The average molecular weight is 344 g/mol. The second-order valence-electron chi connectivity index (χ2n) is 5.04. The van der Waals surface area contributed by atoms with Gasteiger partial charge >= 0.3 is 0 Å². The van der Waals surface area contributed by atoms with Crippen LogP contribution in [0.4, 0.5) is 0 Å². The molecule has 2 aromatic carbocycles. The van der Waals surface area contributed by atoms with E-state index < -0.39 is 0 Å². The molecule has 6 nitrogen and oxygen atoms in total. The Balaban J connectivity index is 2.35. The highest BCUT2D eigenvalue weighted by Gasteiger charge is 2.18. The summed E-state index contributed by atoms with van der Waals surface area (Å²) >= 11 is 0. The maximum absolute atomic E-state index is 12.6. The van der Waals surface area contributed by atoms with Crippen molar-refractivity contribution >= 4 is 11.9 Å². The molecule has 0 atom stereocenters. The zero-order valence-corrected chi connectivity index (χ0v) is 14.5. The standard InChI is InChI=1S/C19H20O6/c1-22-15-8-6-12(9-16(15)23-2)5-7-14(21)19-17(24-3)10-13(20)11-18(19)25-4/h5-11,20H,1-4H3/b7-5+. The maximum Gasteiger partial charge on any atom is 0.193 e. The molecule has 0 spiro atoms. The van der Waals surface area contributed by atoms with Crippen molar-refractivity contribution in [2.45, 2.75) is 0 Å². The molecule has 0 aliphatic carbocycles. The molecule has 6 heteroatoms. The minimum Gasteiger partial charge on any atom is -0.508 e. The molecular formula is C19H20O6. The summed E-state index contributed by atoms with van der Waals surface area (Å²) in [7, 11) is 5.94. The average Bonchev–Trinajstić information content (AvgIpc) is 2.64. The van der Waals surface area contributed by atoms with Crippen LogP contribution in [0.15, 0.2) is 36.4 Å². The summed E-state index contributed by atoms with van der Waals surface area (Å²) in [4.78, 5) is 12.6. The second kappa shape index (κ2) is 8.10. The summed E-state index contributed by atoms with van der Waals surface area (Å²) in [6, 6.07) is 8.04. The summed E-state index contributed by atoms with van der Waals surface area (Å²) in [6.07, 6.45) is 3.05. The van der Waals surface area contributed by atoms with E-state index >= 15 is 0 Å². The number of carbonyl (C=O) groups is 1. The van der Waals surface area contributed by atoms with Gasteiger partial charge in [-0.05, 0) is 23.8 Å². The van der Waals surface area contributed by atoms with E-state index in [9.17, 15) is 9.90 Å². The number of allylic oxidation sites excluding steroid dienone is 1. The van der Waals surface area contributed by atoms with Crippen LogP contribution in [0.1, 0.15) is 15.9 Å².